The lowest BCUT2D eigenvalue weighted by atomic mass is 10.2. The molecule has 1 saturated heterocycles. The molecule has 1 heterocycles. The molecular formula is C6H11NO4S. The van der Waals surface area contributed by atoms with Crippen LogP contribution in [0.25, 0.3) is 0 Å². The van der Waals surface area contributed by atoms with Crippen molar-refractivity contribution in [2.45, 2.75) is 25.7 Å². The Labute approximate surface area is 71.2 Å². The number of hydrogen-bond donors (Lipinski definition) is 1. The third kappa shape index (κ3) is 2.18. The first-order chi connectivity index (χ1) is 5.52. The monoisotopic (exact) mass is 193 g/mol. The molecule has 0 aliphatic carbocycles. The maximum atomic E-state index is 11.0. The second-order valence-electron chi connectivity index (χ2n) is 2.75. The Balaban J connectivity index is 2.80. The highest BCUT2D eigenvalue weighted by Crippen LogP contribution is 2.13. The molecule has 0 aromatic heterocycles. The van der Waals surface area contributed by atoms with Gasteiger partial charge < -0.3 is 0 Å². The Morgan fingerprint density at radius 2 is 1.92 bits per heavy atom. The number of carbonyl (C=O) groups excluding carboxylic acids is 1. The summed E-state index contributed by atoms with van der Waals surface area (Å²) in [6, 6.07) is 0. The average Bonchev–Trinajstić information content (AvgIpc) is 2.11. The minimum absolute atomic E-state index is 0.109. The van der Waals surface area contributed by atoms with Crippen LogP contribution in [0.2, 0.25) is 0 Å². The Morgan fingerprint density at radius 1 is 1.25 bits per heavy atom. The minimum atomic E-state index is -4.31. The van der Waals surface area contributed by atoms with E-state index in [1.54, 1.807) is 0 Å². The van der Waals surface area contributed by atoms with Crippen molar-refractivity contribution in [2.75, 3.05) is 6.54 Å². The summed E-state index contributed by atoms with van der Waals surface area (Å²) in [5.74, 6) is -0.505. The van der Waals surface area contributed by atoms with Crippen LogP contribution >= 0.6 is 0 Å². The van der Waals surface area contributed by atoms with Crippen molar-refractivity contribution in [3.8, 4) is 0 Å². The molecule has 1 aliphatic heterocycles. The zero-order valence-corrected chi connectivity index (χ0v) is 7.38. The van der Waals surface area contributed by atoms with Gasteiger partial charge in [-0.15, -0.1) is 0 Å². The molecule has 0 aromatic carbocycles. The third-order valence-corrected chi connectivity index (χ3v) is 2.75. The van der Waals surface area contributed by atoms with Crippen LogP contribution in [0.1, 0.15) is 25.7 Å². The standard InChI is InChI=1S/C6H11NO4S/c8-6-4-2-1-3-5-7(6)12(9,10)11/h1-5H2,(H,9,10,11). The van der Waals surface area contributed by atoms with Crippen LogP contribution < -0.4 is 0 Å². The fourth-order valence-corrected chi connectivity index (χ4v) is 1.91. The molecule has 0 unspecified atom stereocenters. The zero-order valence-electron chi connectivity index (χ0n) is 6.56. The summed E-state index contributed by atoms with van der Waals surface area (Å²) < 4.78 is 30.4. The van der Waals surface area contributed by atoms with E-state index in [1.165, 1.54) is 0 Å². The molecule has 0 radical (unpaired) electrons. The molecule has 0 spiro atoms. The molecule has 0 saturated carbocycles. The Hall–Kier alpha value is -0.620. The molecule has 0 aromatic rings. The van der Waals surface area contributed by atoms with Crippen molar-refractivity contribution in [3.63, 3.8) is 0 Å². The number of rotatable bonds is 1. The van der Waals surface area contributed by atoms with Gasteiger partial charge in [0, 0.05) is 13.0 Å². The molecule has 0 bridgehead atoms. The van der Waals surface area contributed by atoms with Crippen LogP contribution in [-0.4, -0.2) is 29.7 Å². The van der Waals surface area contributed by atoms with Crippen molar-refractivity contribution in [1.29, 1.82) is 0 Å². The highest BCUT2D eigenvalue weighted by atomic mass is 32.2. The number of amides is 1. The van der Waals surface area contributed by atoms with Gasteiger partial charge in [-0.2, -0.15) is 8.42 Å². The van der Waals surface area contributed by atoms with Gasteiger partial charge in [0.25, 0.3) is 0 Å². The summed E-state index contributed by atoms with van der Waals surface area (Å²) in [4.78, 5) is 11.0. The van der Waals surface area contributed by atoms with Gasteiger partial charge in [-0.25, -0.2) is 4.31 Å². The van der Waals surface area contributed by atoms with Gasteiger partial charge in [-0.3, -0.25) is 9.35 Å². The lowest BCUT2D eigenvalue weighted by molar-refractivity contribution is -0.126. The van der Waals surface area contributed by atoms with Crippen LogP contribution in [0.4, 0.5) is 0 Å². The van der Waals surface area contributed by atoms with Gasteiger partial charge in [0.2, 0.25) is 5.91 Å². The van der Waals surface area contributed by atoms with E-state index in [-0.39, 0.29) is 13.0 Å². The topological polar surface area (TPSA) is 74.7 Å². The average molecular weight is 193 g/mol. The molecule has 1 rings (SSSR count). The molecule has 1 amide bonds. The van der Waals surface area contributed by atoms with Gasteiger partial charge in [0.15, 0.2) is 0 Å². The first kappa shape index (κ1) is 9.47. The smallest absolute Gasteiger partial charge is 0.274 e. The zero-order chi connectivity index (χ0) is 9.19. The van der Waals surface area contributed by atoms with Crippen molar-refractivity contribution >= 4 is 16.2 Å². The number of hydrogen-bond acceptors (Lipinski definition) is 3. The Morgan fingerprint density at radius 3 is 2.50 bits per heavy atom. The molecule has 6 heteroatoms. The summed E-state index contributed by atoms with van der Waals surface area (Å²) in [6.45, 7) is 0.109. The van der Waals surface area contributed by atoms with Crippen molar-refractivity contribution in [2.24, 2.45) is 0 Å². The van der Waals surface area contributed by atoms with Crippen LogP contribution in [0, 0.1) is 0 Å². The van der Waals surface area contributed by atoms with E-state index in [1.807, 2.05) is 0 Å². The van der Waals surface area contributed by atoms with Crippen LogP contribution in [0.5, 0.6) is 0 Å². The molecular weight excluding hydrogens is 182 g/mol. The molecule has 1 N–H and O–H groups in total. The van der Waals surface area contributed by atoms with E-state index < -0.39 is 16.2 Å². The molecule has 70 valence electrons. The van der Waals surface area contributed by atoms with Gasteiger partial charge >= 0.3 is 10.3 Å². The lowest BCUT2D eigenvalue weighted by Gasteiger charge is -2.15. The van der Waals surface area contributed by atoms with E-state index in [0.717, 1.165) is 6.42 Å². The van der Waals surface area contributed by atoms with Gasteiger partial charge in [0.1, 0.15) is 0 Å². The minimum Gasteiger partial charge on any atom is -0.274 e. The van der Waals surface area contributed by atoms with Gasteiger partial charge in [0.05, 0.1) is 0 Å². The highest BCUT2D eigenvalue weighted by Gasteiger charge is 2.25. The number of carbonyl (C=O) groups is 1. The fourth-order valence-electron chi connectivity index (χ4n) is 1.20. The van der Waals surface area contributed by atoms with E-state index in [0.29, 0.717) is 17.1 Å². The molecule has 12 heavy (non-hydrogen) atoms. The quantitative estimate of drug-likeness (QED) is 0.603. The molecule has 1 fully saturated rings. The van der Waals surface area contributed by atoms with Crippen LogP contribution in [-0.2, 0) is 15.1 Å². The van der Waals surface area contributed by atoms with E-state index in [2.05, 4.69) is 0 Å². The largest absolute Gasteiger partial charge is 0.362 e. The van der Waals surface area contributed by atoms with E-state index >= 15 is 0 Å². The van der Waals surface area contributed by atoms with Crippen molar-refractivity contribution in [3.05, 3.63) is 0 Å². The van der Waals surface area contributed by atoms with Crippen molar-refractivity contribution < 1.29 is 17.8 Å². The molecule has 1 aliphatic rings. The summed E-state index contributed by atoms with van der Waals surface area (Å²) in [5, 5.41) is 0. The maximum absolute atomic E-state index is 11.0. The summed E-state index contributed by atoms with van der Waals surface area (Å²) in [5.41, 5.74) is 0. The van der Waals surface area contributed by atoms with Crippen LogP contribution in [0.15, 0.2) is 0 Å². The number of nitrogens with zero attached hydrogens (tertiary/aromatic N) is 1. The predicted octanol–water partition coefficient (Wildman–Crippen LogP) is 0.192. The highest BCUT2D eigenvalue weighted by molar-refractivity contribution is 7.84. The normalized spacial score (nSPS) is 20.8. The second-order valence-corrected chi connectivity index (χ2v) is 4.09. The first-order valence-corrected chi connectivity index (χ1v) is 5.19. The van der Waals surface area contributed by atoms with Crippen LogP contribution in [0.3, 0.4) is 0 Å². The molecule has 5 nitrogen and oxygen atoms in total. The SMILES string of the molecule is O=C1CCCCCN1S(=O)(=O)O. The predicted molar refractivity (Wildman–Crippen MR) is 41.7 cm³/mol. The summed E-state index contributed by atoms with van der Waals surface area (Å²) in [6.07, 6.45) is 2.37. The van der Waals surface area contributed by atoms with Crippen molar-refractivity contribution in [1.82, 2.24) is 4.31 Å². The van der Waals surface area contributed by atoms with Gasteiger partial charge in [-0.05, 0) is 12.8 Å². The van der Waals surface area contributed by atoms with E-state index in [4.69, 9.17) is 4.55 Å². The lowest BCUT2D eigenvalue weighted by Crippen LogP contribution is -2.35. The molecule has 0 atom stereocenters. The summed E-state index contributed by atoms with van der Waals surface area (Å²) in [7, 11) is -4.31. The second kappa shape index (κ2) is 3.40. The van der Waals surface area contributed by atoms with Gasteiger partial charge in [-0.1, -0.05) is 6.42 Å². The Bertz CT molecular complexity index is 271. The Kier molecular flexibility index (Phi) is 2.69. The first-order valence-electron chi connectivity index (χ1n) is 3.80. The fraction of sp³-hybridized carbons (Fsp3) is 0.833. The maximum Gasteiger partial charge on any atom is 0.362 e. The van der Waals surface area contributed by atoms with E-state index in [9.17, 15) is 13.2 Å². The summed E-state index contributed by atoms with van der Waals surface area (Å²) >= 11 is 0. The third-order valence-electron chi connectivity index (χ3n) is 1.81.